The van der Waals surface area contributed by atoms with Gasteiger partial charge < -0.3 is 14.8 Å². The number of aliphatic hydroxyl groups excluding tert-OH is 1. The number of fused-ring (bicyclic) bond motifs is 1. The molecule has 4 heteroatoms. The summed E-state index contributed by atoms with van der Waals surface area (Å²) in [6, 6.07) is 14.5. The Bertz CT molecular complexity index is 772. The minimum absolute atomic E-state index is 0.000921. The molecule has 0 bridgehead atoms. The van der Waals surface area contributed by atoms with Crippen LogP contribution in [-0.2, 0) is 6.61 Å². The quantitative estimate of drug-likeness (QED) is 0.767. The molecule has 2 aromatic carbocycles. The summed E-state index contributed by atoms with van der Waals surface area (Å²) in [7, 11) is 0. The van der Waals surface area contributed by atoms with Crippen LogP contribution in [0.3, 0.4) is 0 Å². The van der Waals surface area contributed by atoms with E-state index < -0.39 is 5.97 Å². The molecule has 0 amide bonds. The number of rotatable bonds is 3. The van der Waals surface area contributed by atoms with E-state index in [1.54, 1.807) is 24.3 Å². The van der Waals surface area contributed by atoms with E-state index in [2.05, 4.69) is 0 Å². The number of aromatic carboxylic acids is 1. The topological polar surface area (TPSA) is 62.5 Å². The highest BCUT2D eigenvalue weighted by Crippen LogP contribution is 2.22. The lowest BCUT2D eigenvalue weighted by molar-refractivity contribution is 0.0697. The van der Waals surface area contributed by atoms with Gasteiger partial charge in [0.2, 0.25) is 0 Å². The zero-order chi connectivity index (χ0) is 14.1. The molecule has 0 aliphatic rings. The van der Waals surface area contributed by atoms with E-state index in [1.165, 1.54) is 0 Å². The van der Waals surface area contributed by atoms with Gasteiger partial charge in [-0.2, -0.15) is 0 Å². The SMILES string of the molecule is O=C(O)c1ccc(-n2ccc3ccc(CO)cc32)cc1. The van der Waals surface area contributed by atoms with Crippen LogP contribution in [0, 0.1) is 0 Å². The maximum atomic E-state index is 10.9. The van der Waals surface area contributed by atoms with Gasteiger partial charge in [-0.05, 0) is 47.3 Å². The largest absolute Gasteiger partial charge is 0.478 e. The van der Waals surface area contributed by atoms with Crippen LogP contribution in [0.2, 0.25) is 0 Å². The third kappa shape index (κ3) is 2.06. The molecule has 4 nitrogen and oxygen atoms in total. The number of carboxylic acids is 1. The van der Waals surface area contributed by atoms with Gasteiger partial charge in [0.1, 0.15) is 0 Å². The van der Waals surface area contributed by atoms with Crippen molar-refractivity contribution < 1.29 is 15.0 Å². The number of carbonyl (C=O) groups is 1. The van der Waals surface area contributed by atoms with Crippen LogP contribution in [0.15, 0.2) is 54.7 Å². The molecule has 0 aliphatic carbocycles. The van der Waals surface area contributed by atoms with E-state index in [0.717, 1.165) is 22.2 Å². The van der Waals surface area contributed by atoms with Gasteiger partial charge in [0.05, 0.1) is 17.7 Å². The van der Waals surface area contributed by atoms with Gasteiger partial charge in [-0.3, -0.25) is 0 Å². The average molecular weight is 267 g/mol. The van der Waals surface area contributed by atoms with Crippen molar-refractivity contribution in [2.24, 2.45) is 0 Å². The van der Waals surface area contributed by atoms with Gasteiger partial charge in [-0.1, -0.05) is 12.1 Å². The zero-order valence-corrected chi connectivity index (χ0v) is 10.7. The molecule has 2 N–H and O–H groups in total. The van der Waals surface area contributed by atoms with Crippen LogP contribution in [-0.4, -0.2) is 20.7 Å². The van der Waals surface area contributed by atoms with Gasteiger partial charge in [-0.15, -0.1) is 0 Å². The normalized spacial score (nSPS) is 10.8. The Labute approximate surface area is 115 Å². The van der Waals surface area contributed by atoms with Crippen molar-refractivity contribution in [3.8, 4) is 5.69 Å². The summed E-state index contributed by atoms with van der Waals surface area (Å²) in [4.78, 5) is 10.9. The van der Waals surface area contributed by atoms with Crippen LogP contribution in [0.4, 0.5) is 0 Å². The summed E-state index contributed by atoms with van der Waals surface area (Å²) in [6.45, 7) is -0.000921. The smallest absolute Gasteiger partial charge is 0.335 e. The average Bonchev–Trinajstić information content (AvgIpc) is 2.90. The van der Waals surface area contributed by atoms with E-state index in [0.29, 0.717) is 0 Å². The second-order valence-electron chi connectivity index (χ2n) is 4.59. The number of aliphatic hydroxyl groups is 1. The minimum atomic E-state index is -0.934. The lowest BCUT2D eigenvalue weighted by atomic mass is 10.1. The van der Waals surface area contributed by atoms with Crippen molar-refractivity contribution >= 4 is 16.9 Å². The molecule has 20 heavy (non-hydrogen) atoms. The van der Waals surface area contributed by atoms with Crippen LogP contribution in [0.25, 0.3) is 16.6 Å². The fourth-order valence-electron chi connectivity index (χ4n) is 2.26. The molecule has 0 fully saturated rings. The fraction of sp³-hybridized carbons (Fsp3) is 0.0625. The van der Waals surface area contributed by atoms with Crippen LogP contribution in [0.1, 0.15) is 15.9 Å². The molecule has 1 aromatic heterocycles. The van der Waals surface area contributed by atoms with E-state index in [9.17, 15) is 9.90 Å². The zero-order valence-electron chi connectivity index (χ0n) is 10.7. The van der Waals surface area contributed by atoms with Gasteiger partial charge in [-0.25, -0.2) is 4.79 Å². The molecule has 3 rings (SSSR count). The van der Waals surface area contributed by atoms with Crippen molar-refractivity contribution in [3.05, 3.63) is 65.9 Å². The molecule has 100 valence electrons. The Hall–Kier alpha value is -2.59. The summed E-state index contributed by atoms with van der Waals surface area (Å²) in [5.74, 6) is -0.934. The van der Waals surface area contributed by atoms with E-state index in [4.69, 9.17) is 5.11 Å². The predicted molar refractivity (Wildman–Crippen MR) is 76.2 cm³/mol. The third-order valence-corrected chi connectivity index (χ3v) is 3.33. The Morgan fingerprint density at radius 2 is 1.80 bits per heavy atom. The number of benzene rings is 2. The molecule has 0 radical (unpaired) electrons. The molecule has 0 atom stereocenters. The number of hydrogen-bond acceptors (Lipinski definition) is 2. The van der Waals surface area contributed by atoms with Crippen molar-refractivity contribution in [1.29, 1.82) is 0 Å². The Kier molecular flexibility index (Phi) is 3.00. The molecule has 0 unspecified atom stereocenters. The predicted octanol–water partition coefficient (Wildman–Crippen LogP) is 2.82. The number of aromatic nitrogens is 1. The van der Waals surface area contributed by atoms with Crippen molar-refractivity contribution in [1.82, 2.24) is 4.57 Å². The molecule has 0 aliphatic heterocycles. The monoisotopic (exact) mass is 267 g/mol. The van der Waals surface area contributed by atoms with E-state index >= 15 is 0 Å². The van der Waals surface area contributed by atoms with Gasteiger partial charge in [0, 0.05) is 11.9 Å². The van der Waals surface area contributed by atoms with E-state index in [1.807, 2.05) is 35.0 Å². The van der Waals surface area contributed by atoms with Crippen molar-refractivity contribution in [3.63, 3.8) is 0 Å². The molecule has 0 saturated carbocycles. The Balaban J connectivity index is 2.11. The summed E-state index contributed by atoms with van der Waals surface area (Å²) < 4.78 is 1.97. The molecule has 3 aromatic rings. The second-order valence-corrected chi connectivity index (χ2v) is 4.59. The standard InChI is InChI=1S/C16H13NO3/c18-10-11-1-2-12-7-8-17(15(12)9-11)14-5-3-13(4-6-14)16(19)20/h1-9,18H,10H2,(H,19,20). The maximum Gasteiger partial charge on any atom is 0.335 e. The highest BCUT2D eigenvalue weighted by molar-refractivity contribution is 5.88. The van der Waals surface area contributed by atoms with Crippen LogP contribution >= 0.6 is 0 Å². The molecular formula is C16H13NO3. The van der Waals surface area contributed by atoms with E-state index in [-0.39, 0.29) is 12.2 Å². The lowest BCUT2D eigenvalue weighted by Gasteiger charge is -2.07. The van der Waals surface area contributed by atoms with Crippen molar-refractivity contribution in [2.75, 3.05) is 0 Å². The summed E-state index contributed by atoms with van der Waals surface area (Å²) in [5.41, 5.74) is 2.99. The first-order valence-corrected chi connectivity index (χ1v) is 6.23. The van der Waals surface area contributed by atoms with Gasteiger partial charge in [0.25, 0.3) is 0 Å². The lowest BCUT2D eigenvalue weighted by Crippen LogP contribution is -1.97. The maximum absolute atomic E-state index is 10.9. The summed E-state index contributed by atoms with van der Waals surface area (Å²) in [5, 5.41) is 19.2. The first-order valence-electron chi connectivity index (χ1n) is 6.23. The highest BCUT2D eigenvalue weighted by Gasteiger charge is 2.06. The number of carboxylic acid groups (broad SMARTS) is 1. The first-order chi connectivity index (χ1) is 9.69. The number of nitrogens with zero attached hydrogens (tertiary/aromatic N) is 1. The second kappa shape index (κ2) is 4.83. The Morgan fingerprint density at radius 3 is 2.45 bits per heavy atom. The molecular weight excluding hydrogens is 254 g/mol. The van der Waals surface area contributed by atoms with Crippen molar-refractivity contribution in [2.45, 2.75) is 6.61 Å². The van der Waals surface area contributed by atoms with Gasteiger partial charge >= 0.3 is 5.97 Å². The summed E-state index contributed by atoms with van der Waals surface area (Å²) >= 11 is 0. The number of hydrogen-bond donors (Lipinski definition) is 2. The summed E-state index contributed by atoms with van der Waals surface area (Å²) in [6.07, 6.45) is 1.93. The Morgan fingerprint density at radius 1 is 1.05 bits per heavy atom. The minimum Gasteiger partial charge on any atom is -0.478 e. The fourth-order valence-corrected chi connectivity index (χ4v) is 2.26. The first kappa shape index (κ1) is 12.4. The molecule has 1 heterocycles. The highest BCUT2D eigenvalue weighted by atomic mass is 16.4. The van der Waals surface area contributed by atoms with Crippen LogP contribution in [0.5, 0.6) is 0 Å². The third-order valence-electron chi connectivity index (χ3n) is 3.33. The molecule has 0 saturated heterocycles. The van der Waals surface area contributed by atoms with Gasteiger partial charge in [0.15, 0.2) is 0 Å². The molecule has 0 spiro atoms. The van der Waals surface area contributed by atoms with Crippen LogP contribution < -0.4 is 0 Å².